The van der Waals surface area contributed by atoms with Crippen LogP contribution in [0.3, 0.4) is 0 Å². The highest BCUT2D eigenvalue weighted by atomic mass is 35.5. The molecule has 26 heavy (non-hydrogen) atoms. The van der Waals surface area contributed by atoms with E-state index in [4.69, 9.17) is 5.73 Å². The Labute approximate surface area is 161 Å². The van der Waals surface area contributed by atoms with Crippen LogP contribution in [0, 0.1) is 0 Å². The summed E-state index contributed by atoms with van der Waals surface area (Å²) < 4.78 is 37.4. The summed E-state index contributed by atoms with van der Waals surface area (Å²) in [6.07, 6.45) is -3.42. The van der Waals surface area contributed by atoms with Gasteiger partial charge in [-0.15, -0.1) is 24.8 Å². The number of amides is 1. The Morgan fingerprint density at radius 1 is 1.12 bits per heavy atom. The van der Waals surface area contributed by atoms with Crippen LogP contribution in [-0.4, -0.2) is 16.9 Å². The van der Waals surface area contributed by atoms with Crippen molar-refractivity contribution in [3.63, 3.8) is 0 Å². The number of carbonyl (C=O) groups excluding carboxylic acids is 1. The first-order valence-electron chi connectivity index (χ1n) is 7.20. The van der Waals surface area contributed by atoms with E-state index in [1.807, 2.05) is 0 Å². The van der Waals surface area contributed by atoms with Crippen molar-refractivity contribution in [3.05, 3.63) is 48.2 Å². The van der Waals surface area contributed by atoms with Crippen LogP contribution in [-0.2, 0) is 11.0 Å². The van der Waals surface area contributed by atoms with Gasteiger partial charge in [0, 0.05) is 30.0 Å². The quantitative estimate of drug-likeness (QED) is 0.683. The number of benzene rings is 1. The van der Waals surface area contributed by atoms with Crippen LogP contribution in [0.5, 0.6) is 0 Å². The van der Waals surface area contributed by atoms with Gasteiger partial charge in [-0.1, -0.05) is 0 Å². The smallest absolute Gasteiger partial charge is 0.340 e. The van der Waals surface area contributed by atoms with Crippen LogP contribution >= 0.6 is 24.8 Å². The van der Waals surface area contributed by atoms with Crippen molar-refractivity contribution in [2.24, 2.45) is 5.73 Å². The molecule has 0 aliphatic rings. The van der Waals surface area contributed by atoms with E-state index in [2.05, 4.69) is 15.6 Å². The summed E-state index contributed by atoms with van der Waals surface area (Å²) in [7, 11) is 0. The highest BCUT2D eigenvalue weighted by Gasteiger charge is 2.30. The standard InChI is InChI=1S/C16H17F3N4O.2ClH/c1-10(20)8-15(24)23-13-5-3-12(4-6-13)22-14-7-2-11(9-21-14)16(17,18)19;;/h2-7,9-10H,8,20H2,1H3,(H,21,22)(H,23,24);2*1H. The van der Waals surface area contributed by atoms with Crippen molar-refractivity contribution < 1.29 is 18.0 Å². The van der Waals surface area contributed by atoms with Gasteiger partial charge in [0.1, 0.15) is 5.82 Å². The van der Waals surface area contributed by atoms with Gasteiger partial charge in [-0.3, -0.25) is 4.79 Å². The van der Waals surface area contributed by atoms with Crippen molar-refractivity contribution >= 4 is 47.9 Å². The number of nitrogens with two attached hydrogens (primary N) is 1. The van der Waals surface area contributed by atoms with Gasteiger partial charge in [0.2, 0.25) is 5.91 Å². The summed E-state index contributed by atoms with van der Waals surface area (Å²) in [5.74, 6) is 0.104. The van der Waals surface area contributed by atoms with Gasteiger partial charge in [0.15, 0.2) is 0 Å². The molecule has 10 heteroatoms. The molecular formula is C16H19Cl2F3N4O. The number of hydrogen-bond donors (Lipinski definition) is 3. The minimum atomic E-state index is -4.41. The molecule has 1 aromatic heterocycles. The predicted octanol–water partition coefficient (Wildman–Crippen LogP) is 4.36. The fourth-order valence-corrected chi connectivity index (χ4v) is 1.92. The first-order valence-corrected chi connectivity index (χ1v) is 7.20. The Balaban J connectivity index is 0.00000312. The summed E-state index contributed by atoms with van der Waals surface area (Å²) in [5.41, 5.74) is 5.98. The SMILES string of the molecule is CC(N)CC(=O)Nc1ccc(Nc2ccc(C(F)(F)F)cn2)cc1.Cl.Cl. The molecule has 144 valence electrons. The van der Waals surface area contributed by atoms with E-state index in [9.17, 15) is 18.0 Å². The predicted molar refractivity (Wildman–Crippen MR) is 100 cm³/mol. The minimum Gasteiger partial charge on any atom is -0.340 e. The molecule has 0 bridgehead atoms. The zero-order chi connectivity index (χ0) is 17.7. The Morgan fingerprint density at radius 3 is 2.15 bits per heavy atom. The van der Waals surface area contributed by atoms with Crippen LogP contribution in [0.25, 0.3) is 0 Å². The second kappa shape index (κ2) is 10.2. The summed E-state index contributed by atoms with van der Waals surface area (Å²) in [4.78, 5) is 15.3. The minimum absolute atomic E-state index is 0. The maximum absolute atomic E-state index is 12.5. The average molecular weight is 411 g/mol. The lowest BCUT2D eigenvalue weighted by atomic mass is 10.2. The van der Waals surface area contributed by atoms with Gasteiger partial charge in [-0.25, -0.2) is 4.98 Å². The molecule has 4 N–H and O–H groups in total. The Kier molecular flexibility index (Phi) is 9.40. The first kappa shape index (κ1) is 24.0. The van der Waals surface area contributed by atoms with E-state index in [-0.39, 0.29) is 49.0 Å². The van der Waals surface area contributed by atoms with Crippen molar-refractivity contribution in [1.29, 1.82) is 0 Å². The van der Waals surface area contributed by atoms with Gasteiger partial charge in [-0.05, 0) is 43.3 Å². The molecule has 2 rings (SSSR count). The fraction of sp³-hybridized carbons (Fsp3) is 0.250. The highest BCUT2D eigenvalue weighted by Crippen LogP contribution is 2.29. The van der Waals surface area contributed by atoms with Gasteiger partial charge >= 0.3 is 6.18 Å². The number of pyridine rings is 1. The topological polar surface area (TPSA) is 80.0 Å². The number of rotatable bonds is 5. The zero-order valence-electron chi connectivity index (χ0n) is 13.7. The van der Waals surface area contributed by atoms with E-state index >= 15 is 0 Å². The molecule has 1 aromatic carbocycles. The molecule has 0 aliphatic carbocycles. The molecule has 1 atom stereocenters. The van der Waals surface area contributed by atoms with Crippen molar-refractivity contribution in [2.75, 3.05) is 10.6 Å². The summed E-state index contributed by atoms with van der Waals surface area (Å²) in [5, 5.41) is 5.59. The van der Waals surface area contributed by atoms with Crippen LogP contribution in [0.2, 0.25) is 0 Å². The maximum atomic E-state index is 12.5. The van der Waals surface area contributed by atoms with Crippen LogP contribution < -0.4 is 16.4 Å². The molecule has 2 aromatic rings. The molecule has 0 spiro atoms. The van der Waals surface area contributed by atoms with Crippen LogP contribution in [0.15, 0.2) is 42.6 Å². The third-order valence-corrected chi connectivity index (χ3v) is 3.04. The van der Waals surface area contributed by atoms with Crippen molar-refractivity contribution in [3.8, 4) is 0 Å². The lowest BCUT2D eigenvalue weighted by Crippen LogP contribution is -2.23. The Hall–Kier alpha value is -2.03. The number of carbonyl (C=O) groups is 1. The summed E-state index contributed by atoms with van der Waals surface area (Å²) >= 11 is 0. The molecule has 1 heterocycles. The molecule has 1 amide bonds. The monoisotopic (exact) mass is 410 g/mol. The molecule has 0 saturated carbocycles. The van der Waals surface area contributed by atoms with E-state index in [0.29, 0.717) is 11.4 Å². The summed E-state index contributed by atoms with van der Waals surface area (Å²) in [6, 6.07) is 8.69. The number of aromatic nitrogens is 1. The molecule has 0 saturated heterocycles. The van der Waals surface area contributed by atoms with E-state index in [0.717, 1.165) is 12.3 Å². The first-order chi connectivity index (χ1) is 11.2. The Morgan fingerprint density at radius 2 is 1.69 bits per heavy atom. The van der Waals surface area contributed by atoms with Gasteiger partial charge in [0.05, 0.1) is 5.56 Å². The lowest BCUT2D eigenvalue weighted by Gasteiger charge is -2.10. The van der Waals surface area contributed by atoms with E-state index < -0.39 is 11.7 Å². The highest BCUT2D eigenvalue weighted by molar-refractivity contribution is 5.91. The third-order valence-electron chi connectivity index (χ3n) is 3.04. The average Bonchev–Trinajstić information content (AvgIpc) is 2.48. The lowest BCUT2D eigenvalue weighted by molar-refractivity contribution is -0.137. The number of hydrogen-bond acceptors (Lipinski definition) is 4. The van der Waals surface area contributed by atoms with Crippen LogP contribution in [0.1, 0.15) is 18.9 Å². The molecule has 0 fully saturated rings. The second-order valence-electron chi connectivity index (χ2n) is 5.36. The van der Waals surface area contributed by atoms with E-state index in [1.54, 1.807) is 31.2 Å². The number of nitrogens with one attached hydrogen (secondary N) is 2. The maximum Gasteiger partial charge on any atom is 0.417 e. The number of nitrogens with zero attached hydrogens (tertiary/aromatic N) is 1. The molecular weight excluding hydrogens is 392 g/mol. The normalized spacial score (nSPS) is 11.6. The number of halogens is 5. The molecule has 0 aliphatic heterocycles. The van der Waals surface area contributed by atoms with Crippen molar-refractivity contribution in [2.45, 2.75) is 25.6 Å². The van der Waals surface area contributed by atoms with Gasteiger partial charge in [0.25, 0.3) is 0 Å². The van der Waals surface area contributed by atoms with Crippen LogP contribution in [0.4, 0.5) is 30.4 Å². The number of alkyl halides is 3. The fourth-order valence-electron chi connectivity index (χ4n) is 1.92. The molecule has 1 unspecified atom stereocenters. The largest absolute Gasteiger partial charge is 0.417 e. The second-order valence-corrected chi connectivity index (χ2v) is 5.36. The third kappa shape index (κ3) is 7.47. The van der Waals surface area contributed by atoms with E-state index in [1.165, 1.54) is 6.07 Å². The zero-order valence-corrected chi connectivity index (χ0v) is 15.3. The number of anilines is 3. The van der Waals surface area contributed by atoms with Gasteiger partial charge in [-0.2, -0.15) is 13.2 Å². The molecule has 5 nitrogen and oxygen atoms in total. The van der Waals surface area contributed by atoms with Gasteiger partial charge < -0.3 is 16.4 Å². The Bertz CT molecular complexity index is 692. The summed E-state index contributed by atoms with van der Waals surface area (Å²) in [6.45, 7) is 1.74. The molecule has 0 radical (unpaired) electrons. The van der Waals surface area contributed by atoms with Crippen molar-refractivity contribution in [1.82, 2.24) is 4.98 Å².